The van der Waals surface area contributed by atoms with Crippen LogP contribution in [0.3, 0.4) is 0 Å². The van der Waals surface area contributed by atoms with Crippen molar-refractivity contribution in [2.75, 3.05) is 13.1 Å². The molecule has 1 saturated heterocycles. The summed E-state index contributed by atoms with van der Waals surface area (Å²) >= 11 is 0. The average Bonchev–Trinajstić information content (AvgIpc) is 2.58. The van der Waals surface area contributed by atoms with Gasteiger partial charge in [-0.2, -0.15) is 0 Å². The molecule has 15 heavy (non-hydrogen) atoms. The van der Waals surface area contributed by atoms with E-state index < -0.39 is 0 Å². The van der Waals surface area contributed by atoms with E-state index in [9.17, 15) is 0 Å². The van der Waals surface area contributed by atoms with Crippen LogP contribution in [-0.4, -0.2) is 25.3 Å². The van der Waals surface area contributed by atoms with Crippen molar-refractivity contribution in [1.29, 1.82) is 0 Å². The van der Waals surface area contributed by atoms with Crippen LogP contribution in [0.2, 0.25) is 0 Å². The Labute approximate surface area is 94.1 Å². The van der Waals surface area contributed by atoms with Gasteiger partial charge in [-0.05, 0) is 32.2 Å². The molecule has 2 atom stereocenters. The lowest BCUT2D eigenvalue weighted by molar-refractivity contribution is 0.0825. The molecule has 0 aromatic rings. The summed E-state index contributed by atoms with van der Waals surface area (Å²) in [5.74, 6) is 0.614. The molecule has 0 radical (unpaired) electrons. The van der Waals surface area contributed by atoms with Crippen LogP contribution >= 0.6 is 0 Å². The minimum absolute atomic E-state index is 0.357. The van der Waals surface area contributed by atoms with E-state index in [1.165, 1.54) is 18.4 Å². The normalized spacial score (nSPS) is 27.7. The minimum atomic E-state index is 0.357. The molecule has 0 amide bonds. The number of hydrogen-bond donors (Lipinski definition) is 1. The SMILES string of the molecule is CCNC/C(=C/C1CCC(C)O1)C(C)C. The zero-order valence-corrected chi connectivity index (χ0v) is 10.5. The molecule has 1 aliphatic rings. The molecule has 1 heterocycles. The Morgan fingerprint density at radius 1 is 1.47 bits per heavy atom. The fraction of sp³-hybridized carbons (Fsp3) is 0.846. The number of ether oxygens (including phenoxy) is 1. The number of rotatable bonds is 5. The van der Waals surface area contributed by atoms with Crippen LogP contribution in [0.5, 0.6) is 0 Å². The van der Waals surface area contributed by atoms with Crippen LogP contribution in [0.1, 0.15) is 40.5 Å². The van der Waals surface area contributed by atoms with Crippen LogP contribution in [0.15, 0.2) is 11.6 Å². The second kappa shape index (κ2) is 6.29. The highest BCUT2D eigenvalue weighted by Crippen LogP contribution is 2.22. The summed E-state index contributed by atoms with van der Waals surface area (Å²) in [5.41, 5.74) is 1.48. The van der Waals surface area contributed by atoms with Gasteiger partial charge in [0.1, 0.15) is 0 Å². The third-order valence-electron chi connectivity index (χ3n) is 2.99. The molecule has 1 fully saturated rings. The molecule has 2 unspecified atom stereocenters. The predicted molar refractivity (Wildman–Crippen MR) is 65.0 cm³/mol. The molecule has 0 saturated carbocycles. The van der Waals surface area contributed by atoms with Crippen molar-refractivity contribution in [2.45, 2.75) is 52.7 Å². The van der Waals surface area contributed by atoms with Crippen LogP contribution in [-0.2, 0) is 4.74 Å². The van der Waals surface area contributed by atoms with Crippen molar-refractivity contribution in [3.05, 3.63) is 11.6 Å². The second-order valence-electron chi connectivity index (χ2n) is 4.74. The van der Waals surface area contributed by atoms with Gasteiger partial charge < -0.3 is 10.1 Å². The smallest absolute Gasteiger partial charge is 0.0763 e. The van der Waals surface area contributed by atoms with Crippen LogP contribution in [0.25, 0.3) is 0 Å². The van der Waals surface area contributed by atoms with Crippen LogP contribution in [0, 0.1) is 5.92 Å². The van der Waals surface area contributed by atoms with Crippen LogP contribution in [0.4, 0.5) is 0 Å². The van der Waals surface area contributed by atoms with Gasteiger partial charge in [0.25, 0.3) is 0 Å². The molecule has 0 spiro atoms. The van der Waals surface area contributed by atoms with Crippen molar-refractivity contribution >= 4 is 0 Å². The largest absolute Gasteiger partial charge is 0.371 e. The standard InChI is InChI=1S/C13H25NO/c1-5-14-9-12(10(2)3)8-13-7-6-11(4)15-13/h8,10-11,13-14H,5-7,9H2,1-4H3/b12-8-. The Balaban J connectivity index is 2.50. The van der Waals surface area contributed by atoms with Gasteiger partial charge in [0.2, 0.25) is 0 Å². The minimum Gasteiger partial charge on any atom is -0.371 e. The molecule has 0 aromatic heterocycles. The summed E-state index contributed by atoms with van der Waals surface area (Å²) in [4.78, 5) is 0. The maximum Gasteiger partial charge on any atom is 0.0763 e. The lowest BCUT2D eigenvalue weighted by Gasteiger charge is -2.15. The van der Waals surface area contributed by atoms with Gasteiger partial charge in [0.15, 0.2) is 0 Å². The van der Waals surface area contributed by atoms with E-state index in [4.69, 9.17) is 4.74 Å². The molecule has 0 bridgehead atoms. The maximum absolute atomic E-state index is 5.82. The quantitative estimate of drug-likeness (QED) is 0.706. The molecule has 0 aromatic carbocycles. The number of nitrogens with one attached hydrogen (secondary N) is 1. The molecule has 1 N–H and O–H groups in total. The average molecular weight is 211 g/mol. The summed E-state index contributed by atoms with van der Waals surface area (Å²) < 4.78 is 5.82. The van der Waals surface area contributed by atoms with Crippen LogP contribution < -0.4 is 5.32 Å². The van der Waals surface area contributed by atoms with E-state index in [2.05, 4.69) is 39.1 Å². The Kier molecular flexibility index (Phi) is 5.34. The third kappa shape index (κ3) is 4.35. The summed E-state index contributed by atoms with van der Waals surface area (Å²) in [6.45, 7) is 10.8. The van der Waals surface area contributed by atoms with Crippen molar-refractivity contribution < 1.29 is 4.74 Å². The van der Waals surface area contributed by atoms with E-state index in [1.807, 2.05) is 0 Å². The Hall–Kier alpha value is -0.340. The first-order valence-corrected chi connectivity index (χ1v) is 6.20. The molecular weight excluding hydrogens is 186 g/mol. The van der Waals surface area contributed by atoms with E-state index in [-0.39, 0.29) is 0 Å². The van der Waals surface area contributed by atoms with Crippen molar-refractivity contribution in [1.82, 2.24) is 5.32 Å². The monoisotopic (exact) mass is 211 g/mol. The second-order valence-corrected chi connectivity index (χ2v) is 4.74. The first-order valence-electron chi connectivity index (χ1n) is 6.20. The number of hydrogen-bond acceptors (Lipinski definition) is 2. The summed E-state index contributed by atoms with van der Waals surface area (Å²) in [6, 6.07) is 0. The lowest BCUT2D eigenvalue weighted by Crippen LogP contribution is -2.20. The fourth-order valence-corrected chi connectivity index (χ4v) is 1.92. The molecule has 2 nitrogen and oxygen atoms in total. The first kappa shape index (κ1) is 12.7. The van der Waals surface area contributed by atoms with Crippen molar-refractivity contribution in [3.63, 3.8) is 0 Å². The van der Waals surface area contributed by atoms with E-state index in [1.54, 1.807) is 0 Å². The molecule has 0 aliphatic carbocycles. The summed E-state index contributed by atoms with van der Waals surface area (Å²) in [6.07, 6.45) is 5.52. The molecule has 1 aliphatic heterocycles. The molecule has 1 rings (SSSR count). The van der Waals surface area contributed by atoms with E-state index in [0.29, 0.717) is 18.1 Å². The fourth-order valence-electron chi connectivity index (χ4n) is 1.92. The molecular formula is C13H25NO. The number of likely N-dealkylation sites (N-methyl/N-ethyl adjacent to an activating group) is 1. The topological polar surface area (TPSA) is 21.3 Å². The highest BCUT2D eigenvalue weighted by Gasteiger charge is 2.20. The van der Waals surface area contributed by atoms with Gasteiger partial charge in [-0.1, -0.05) is 32.4 Å². The van der Waals surface area contributed by atoms with Gasteiger partial charge in [-0.15, -0.1) is 0 Å². The highest BCUT2D eigenvalue weighted by atomic mass is 16.5. The molecule has 2 heteroatoms. The van der Waals surface area contributed by atoms with Gasteiger partial charge >= 0.3 is 0 Å². The van der Waals surface area contributed by atoms with Gasteiger partial charge in [0, 0.05) is 6.54 Å². The Morgan fingerprint density at radius 2 is 2.20 bits per heavy atom. The van der Waals surface area contributed by atoms with E-state index >= 15 is 0 Å². The van der Waals surface area contributed by atoms with Crippen molar-refractivity contribution in [3.8, 4) is 0 Å². The van der Waals surface area contributed by atoms with E-state index in [0.717, 1.165) is 13.1 Å². The van der Waals surface area contributed by atoms with Gasteiger partial charge in [-0.25, -0.2) is 0 Å². The summed E-state index contributed by atoms with van der Waals surface area (Å²) in [5, 5.41) is 3.39. The highest BCUT2D eigenvalue weighted by molar-refractivity contribution is 5.10. The summed E-state index contributed by atoms with van der Waals surface area (Å²) in [7, 11) is 0. The first-order chi connectivity index (χ1) is 7.13. The molecule has 88 valence electrons. The third-order valence-corrected chi connectivity index (χ3v) is 2.99. The zero-order valence-electron chi connectivity index (χ0n) is 10.5. The van der Waals surface area contributed by atoms with Crippen molar-refractivity contribution in [2.24, 2.45) is 5.92 Å². The maximum atomic E-state index is 5.82. The lowest BCUT2D eigenvalue weighted by atomic mass is 10.0. The Bertz CT molecular complexity index is 211. The predicted octanol–water partition coefficient (Wildman–Crippen LogP) is 2.75. The Morgan fingerprint density at radius 3 is 2.67 bits per heavy atom. The van der Waals surface area contributed by atoms with Gasteiger partial charge in [-0.3, -0.25) is 0 Å². The van der Waals surface area contributed by atoms with Gasteiger partial charge in [0.05, 0.1) is 12.2 Å². The zero-order chi connectivity index (χ0) is 11.3.